The highest BCUT2D eigenvalue weighted by Gasteiger charge is 2.20. The first kappa shape index (κ1) is 17.2. The van der Waals surface area contributed by atoms with Gasteiger partial charge in [0, 0.05) is 56.4 Å². The van der Waals surface area contributed by atoms with Crippen LogP contribution in [0.5, 0.6) is 0 Å². The van der Waals surface area contributed by atoms with E-state index in [2.05, 4.69) is 24.8 Å². The predicted molar refractivity (Wildman–Crippen MR) is 105 cm³/mol. The van der Waals surface area contributed by atoms with Crippen molar-refractivity contribution >= 4 is 23.2 Å². The number of nitrogens with two attached hydrogens (primary N) is 1. The van der Waals surface area contributed by atoms with E-state index >= 15 is 0 Å². The van der Waals surface area contributed by atoms with Gasteiger partial charge in [-0.2, -0.15) is 0 Å². The van der Waals surface area contributed by atoms with Crippen molar-refractivity contribution in [3.63, 3.8) is 0 Å². The Labute approximate surface area is 158 Å². The maximum atomic E-state index is 6.20. The number of hydrogen-bond acceptors (Lipinski definition) is 6. The Hall–Kier alpha value is -2.22. The highest BCUT2D eigenvalue weighted by molar-refractivity contribution is 7.11. The van der Waals surface area contributed by atoms with Gasteiger partial charge >= 0.3 is 0 Å². The second-order valence-electron chi connectivity index (χ2n) is 6.70. The average molecular weight is 372 g/mol. The molecule has 0 amide bonds. The highest BCUT2D eigenvalue weighted by atomic mass is 32.1. The minimum atomic E-state index is 0.639. The lowest BCUT2D eigenvalue weighted by atomic mass is 10.0. The van der Waals surface area contributed by atoms with Crippen LogP contribution in [0.15, 0.2) is 23.5 Å². The number of aromatic nitrogens is 3. The van der Waals surface area contributed by atoms with Gasteiger partial charge in [0.25, 0.3) is 0 Å². The number of hydrogen-bond donors (Lipinski definition) is 1. The van der Waals surface area contributed by atoms with E-state index < -0.39 is 0 Å². The van der Waals surface area contributed by atoms with Gasteiger partial charge in [0.2, 0.25) is 5.95 Å². The number of guanidine groups is 1. The summed E-state index contributed by atoms with van der Waals surface area (Å²) in [6.07, 6.45) is 9.37. The fourth-order valence-corrected chi connectivity index (χ4v) is 4.61. The van der Waals surface area contributed by atoms with Crippen molar-refractivity contribution in [2.45, 2.75) is 32.1 Å². The topological polar surface area (TPSA) is 83.5 Å². The van der Waals surface area contributed by atoms with Gasteiger partial charge in [0.15, 0.2) is 5.96 Å². The van der Waals surface area contributed by atoms with E-state index in [0.29, 0.717) is 12.5 Å². The number of aliphatic imine (C=N–C) groups is 1. The van der Waals surface area contributed by atoms with Gasteiger partial charge in [-0.25, -0.2) is 15.0 Å². The third-order valence-corrected chi connectivity index (χ3v) is 6.15. The molecular weight excluding hydrogens is 346 g/mol. The molecular formula is C18H25N7S. The monoisotopic (exact) mass is 371 g/mol. The maximum Gasteiger partial charge on any atom is 0.225 e. The van der Waals surface area contributed by atoms with Crippen LogP contribution in [0.25, 0.3) is 0 Å². The summed E-state index contributed by atoms with van der Waals surface area (Å²) in [5.74, 6) is 1.43. The number of anilines is 1. The summed E-state index contributed by atoms with van der Waals surface area (Å²) in [6.45, 7) is 4.12. The summed E-state index contributed by atoms with van der Waals surface area (Å²) < 4.78 is 0. The van der Waals surface area contributed by atoms with Crippen molar-refractivity contribution in [1.29, 1.82) is 0 Å². The molecule has 2 aromatic heterocycles. The molecule has 1 aliphatic heterocycles. The summed E-state index contributed by atoms with van der Waals surface area (Å²) >= 11 is 1.87. The molecule has 0 aromatic carbocycles. The molecule has 0 atom stereocenters. The van der Waals surface area contributed by atoms with Crippen LogP contribution in [-0.2, 0) is 19.3 Å². The number of thiazole rings is 1. The molecule has 0 saturated carbocycles. The third-order valence-electron chi connectivity index (χ3n) is 4.93. The van der Waals surface area contributed by atoms with Crippen LogP contribution in [0.3, 0.4) is 0 Å². The fraction of sp³-hybridized carbons (Fsp3) is 0.556. The molecule has 1 saturated heterocycles. The van der Waals surface area contributed by atoms with Crippen LogP contribution >= 0.6 is 11.3 Å². The largest absolute Gasteiger partial charge is 0.370 e. The Morgan fingerprint density at radius 2 is 1.88 bits per heavy atom. The highest BCUT2D eigenvalue weighted by Crippen LogP contribution is 2.26. The van der Waals surface area contributed by atoms with Crippen molar-refractivity contribution in [2.24, 2.45) is 10.7 Å². The maximum absolute atomic E-state index is 6.20. The van der Waals surface area contributed by atoms with Crippen LogP contribution in [0.1, 0.15) is 28.4 Å². The number of nitrogens with zero attached hydrogens (tertiary/aromatic N) is 6. The quantitative estimate of drug-likeness (QED) is 0.648. The van der Waals surface area contributed by atoms with E-state index in [1.54, 1.807) is 12.4 Å². The summed E-state index contributed by atoms with van der Waals surface area (Å²) in [5.41, 5.74) is 7.53. The Morgan fingerprint density at radius 3 is 2.65 bits per heavy atom. The van der Waals surface area contributed by atoms with E-state index in [0.717, 1.165) is 45.0 Å². The predicted octanol–water partition coefficient (Wildman–Crippen LogP) is 1.49. The normalized spacial score (nSPS) is 18.1. The molecule has 26 heavy (non-hydrogen) atoms. The third kappa shape index (κ3) is 3.95. The van der Waals surface area contributed by atoms with Crippen molar-refractivity contribution < 1.29 is 0 Å². The smallest absolute Gasteiger partial charge is 0.225 e. The zero-order valence-corrected chi connectivity index (χ0v) is 15.8. The molecule has 2 aliphatic rings. The van der Waals surface area contributed by atoms with Gasteiger partial charge < -0.3 is 15.5 Å². The van der Waals surface area contributed by atoms with Crippen molar-refractivity contribution in [3.8, 4) is 0 Å². The summed E-state index contributed by atoms with van der Waals surface area (Å²) in [7, 11) is 0. The van der Waals surface area contributed by atoms with Crippen LogP contribution in [-0.4, -0.2) is 58.5 Å². The lowest BCUT2D eigenvalue weighted by Crippen LogP contribution is -2.51. The minimum absolute atomic E-state index is 0.639. The first-order valence-corrected chi connectivity index (χ1v) is 10.2. The van der Waals surface area contributed by atoms with Gasteiger partial charge in [-0.1, -0.05) is 0 Å². The molecule has 0 bridgehead atoms. The van der Waals surface area contributed by atoms with E-state index in [1.165, 1.54) is 34.8 Å². The Bertz CT molecular complexity index is 727. The summed E-state index contributed by atoms with van der Waals surface area (Å²) in [4.78, 5) is 23.8. The molecule has 1 aliphatic carbocycles. The molecule has 0 spiro atoms. The Kier molecular flexibility index (Phi) is 5.29. The molecule has 8 heteroatoms. The SMILES string of the molecule is NC(=NCCc1nc2c(s1)CCCC2)N1CCN(c2ncccn2)CC1. The molecule has 2 aromatic rings. The standard InChI is InChI=1S/C18H25N7S/c19-17(20-9-6-16-23-14-4-1-2-5-15(14)26-16)24-10-12-25(13-11-24)18-21-7-3-8-22-18/h3,7-8H,1-2,4-6,9-13H2,(H2,19,20). The molecule has 3 heterocycles. The fourth-order valence-electron chi connectivity index (χ4n) is 3.47. The number of fused-ring (bicyclic) bond motifs is 1. The van der Waals surface area contributed by atoms with Crippen molar-refractivity contribution in [2.75, 3.05) is 37.6 Å². The second-order valence-corrected chi connectivity index (χ2v) is 7.87. The van der Waals surface area contributed by atoms with Crippen LogP contribution in [0, 0.1) is 0 Å². The van der Waals surface area contributed by atoms with E-state index in [-0.39, 0.29) is 0 Å². The van der Waals surface area contributed by atoms with Gasteiger partial charge in [-0.05, 0) is 31.7 Å². The Morgan fingerprint density at radius 1 is 1.12 bits per heavy atom. The summed E-state index contributed by atoms with van der Waals surface area (Å²) in [6, 6.07) is 1.84. The number of aryl methyl sites for hydroxylation is 2. The number of rotatable bonds is 4. The molecule has 138 valence electrons. The zero-order chi connectivity index (χ0) is 17.8. The number of piperazine rings is 1. The van der Waals surface area contributed by atoms with E-state index in [1.807, 2.05) is 17.4 Å². The summed E-state index contributed by atoms with van der Waals surface area (Å²) in [5, 5.41) is 1.21. The molecule has 0 unspecified atom stereocenters. The van der Waals surface area contributed by atoms with E-state index in [4.69, 9.17) is 10.7 Å². The van der Waals surface area contributed by atoms with Gasteiger partial charge in [-0.15, -0.1) is 11.3 Å². The van der Waals surface area contributed by atoms with Crippen molar-refractivity contribution in [3.05, 3.63) is 34.0 Å². The zero-order valence-electron chi connectivity index (χ0n) is 15.0. The molecule has 1 fully saturated rings. The molecule has 2 N–H and O–H groups in total. The Balaban J connectivity index is 1.27. The first-order chi connectivity index (χ1) is 12.8. The lowest BCUT2D eigenvalue weighted by Gasteiger charge is -2.35. The van der Waals surface area contributed by atoms with Gasteiger partial charge in [-0.3, -0.25) is 4.99 Å². The molecule has 7 nitrogen and oxygen atoms in total. The second kappa shape index (κ2) is 7.99. The van der Waals surface area contributed by atoms with Crippen LogP contribution in [0.4, 0.5) is 5.95 Å². The lowest BCUT2D eigenvalue weighted by molar-refractivity contribution is 0.378. The van der Waals surface area contributed by atoms with Crippen molar-refractivity contribution in [1.82, 2.24) is 19.9 Å². The van der Waals surface area contributed by atoms with Gasteiger partial charge in [0.1, 0.15) is 0 Å². The average Bonchev–Trinajstić information content (AvgIpc) is 3.11. The molecule has 4 rings (SSSR count). The molecule has 0 radical (unpaired) electrons. The van der Waals surface area contributed by atoms with E-state index in [9.17, 15) is 0 Å². The first-order valence-electron chi connectivity index (χ1n) is 9.34. The van der Waals surface area contributed by atoms with Gasteiger partial charge in [0.05, 0.1) is 10.7 Å². The van der Waals surface area contributed by atoms with Crippen LogP contribution < -0.4 is 10.6 Å². The minimum Gasteiger partial charge on any atom is -0.370 e. The van der Waals surface area contributed by atoms with Crippen LogP contribution in [0.2, 0.25) is 0 Å².